The molecule has 0 aromatic heterocycles. The predicted molar refractivity (Wildman–Crippen MR) is 55.5 cm³/mol. The monoisotopic (exact) mass is 176 g/mol. The second-order valence-corrected chi connectivity index (χ2v) is 3.86. The molecule has 2 rings (SSSR count). The van der Waals surface area contributed by atoms with Crippen LogP contribution in [0.4, 0.5) is 5.69 Å². The van der Waals surface area contributed by atoms with Crippen LogP contribution in [0.1, 0.15) is 24.0 Å². The molecule has 0 radical (unpaired) electrons. The van der Waals surface area contributed by atoms with Crippen molar-refractivity contribution in [3.05, 3.63) is 29.3 Å². The van der Waals surface area contributed by atoms with Gasteiger partial charge in [-0.15, -0.1) is 0 Å². The summed E-state index contributed by atoms with van der Waals surface area (Å²) >= 11 is 0. The molecule has 1 fully saturated rings. The molecule has 2 nitrogen and oxygen atoms in total. The second kappa shape index (κ2) is 3.38. The molecule has 70 valence electrons. The predicted octanol–water partition coefficient (Wildman–Crippen LogP) is 1.83. The Kier molecular flexibility index (Phi) is 2.23. The summed E-state index contributed by atoms with van der Waals surface area (Å²) in [5.74, 6) is 0. The molecule has 0 bridgehead atoms. The molecule has 13 heavy (non-hydrogen) atoms. The number of hydrogen-bond acceptors (Lipinski definition) is 2. The van der Waals surface area contributed by atoms with E-state index in [-0.39, 0.29) is 0 Å². The van der Waals surface area contributed by atoms with Crippen molar-refractivity contribution in [1.29, 1.82) is 0 Å². The zero-order valence-corrected chi connectivity index (χ0v) is 8.01. The van der Waals surface area contributed by atoms with E-state index in [2.05, 4.69) is 24.4 Å². The van der Waals surface area contributed by atoms with Crippen LogP contribution >= 0.6 is 0 Å². The highest BCUT2D eigenvalue weighted by Crippen LogP contribution is 2.20. The van der Waals surface area contributed by atoms with E-state index >= 15 is 0 Å². The number of benzene rings is 1. The molecule has 0 unspecified atom stereocenters. The Morgan fingerprint density at radius 3 is 2.92 bits per heavy atom. The lowest BCUT2D eigenvalue weighted by atomic mass is 10.1. The van der Waals surface area contributed by atoms with E-state index in [4.69, 9.17) is 5.73 Å². The SMILES string of the molecule is Cc1ccc(N)c(CNC2CC2)c1. The summed E-state index contributed by atoms with van der Waals surface area (Å²) in [4.78, 5) is 0. The van der Waals surface area contributed by atoms with Crippen molar-refractivity contribution in [1.82, 2.24) is 5.32 Å². The zero-order chi connectivity index (χ0) is 9.26. The van der Waals surface area contributed by atoms with Gasteiger partial charge in [0, 0.05) is 18.3 Å². The van der Waals surface area contributed by atoms with E-state index in [9.17, 15) is 0 Å². The summed E-state index contributed by atoms with van der Waals surface area (Å²) in [5.41, 5.74) is 9.27. The molecule has 1 aliphatic rings. The molecular formula is C11H16N2. The van der Waals surface area contributed by atoms with E-state index in [1.807, 2.05) is 6.07 Å². The molecule has 0 atom stereocenters. The highest BCUT2D eigenvalue weighted by molar-refractivity contribution is 5.48. The minimum Gasteiger partial charge on any atom is -0.398 e. The van der Waals surface area contributed by atoms with E-state index < -0.39 is 0 Å². The van der Waals surface area contributed by atoms with E-state index in [0.29, 0.717) is 0 Å². The number of hydrogen-bond donors (Lipinski definition) is 2. The molecule has 1 aromatic rings. The average Bonchev–Trinajstić information content (AvgIpc) is 2.90. The maximum atomic E-state index is 5.86. The first-order valence-electron chi connectivity index (χ1n) is 4.84. The third-order valence-electron chi connectivity index (χ3n) is 2.46. The molecular weight excluding hydrogens is 160 g/mol. The Hall–Kier alpha value is -1.02. The first kappa shape index (κ1) is 8.57. The molecule has 3 N–H and O–H groups in total. The van der Waals surface area contributed by atoms with Crippen molar-refractivity contribution in [2.45, 2.75) is 32.4 Å². The van der Waals surface area contributed by atoms with Crippen molar-refractivity contribution in [3.63, 3.8) is 0 Å². The summed E-state index contributed by atoms with van der Waals surface area (Å²) in [7, 11) is 0. The van der Waals surface area contributed by atoms with Crippen LogP contribution in [0.5, 0.6) is 0 Å². The van der Waals surface area contributed by atoms with Gasteiger partial charge >= 0.3 is 0 Å². The van der Waals surface area contributed by atoms with Gasteiger partial charge in [0.25, 0.3) is 0 Å². The summed E-state index contributed by atoms with van der Waals surface area (Å²) in [6, 6.07) is 6.94. The van der Waals surface area contributed by atoms with Gasteiger partial charge in [0.1, 0.15) is 0 Å². The second-order valence-electron chi connectivity index (χ2n) is 3.86. The highest BCUT2D eigenvalue weighted by atomic mass is 14.9. The van der Waals surface area contributed by atoms with Crippen molar-refractivity contribution < 1.29 is 0 Å². The summed E-state index contributed by atoms with van der Waals surface area (Å²) < 4.78 is 0. The van der Waals surface area contributed by atoms with Crippen LogP contribution in [0.2, 0.25) is 0 Å². The fourth-order valence-electron chi connectivity index (χ4n) is 1.43. The van der Waals surface area contributed by atoms with Gasteiger partial charge in [-0.05, 0) is 31.4 Å². The van der Waals surface area contributed by atoms with Crippen LogP contribution in [0.25, 0.3) is 0 Å². The van der Waals surface area contributed by atoms with Crippen LogP contribution in [0.3, 0.4) is 0 Å². The summed E-state index contributed by atoms with van der Waals surface area (Å²) in [6.45, 7) is 3.01. The van der Waals surface area contributed by atoms with Crippen LogP contribution in [0.15, 0.2) is 18.2 Å². The number of nitrogens with one attached hydrogen (secondary N) is 1. The normalized spacial score (nSPS) is 16.1. The quantitative estimate of drug-likeness (QED) is 0.689. The summed E-state index contributed by atoms with van der Waals surface area (Å²) in [6.07, 6.45) is 2.65. The van der Waals surface area contributed by atoms with Crippen molar-refractivity contribution in [2.24, 2.45) is 0 Å². The molecule has 2 heteroatoms. The number of anilines is 1. The lowest BCUT2D eigenvalue weighted by Crippen LogP contribution is -2.16. The smallest absolute Gasteiger partial charge is 0.0359 e. The molecule has 1 aromatic carbocycles. The Labute approximate surface area is 79.1 Å². The molecule has 0 amide bonds. The first-order chi connectivity index (χ1) is 6.25. The van der Waals surface area contributed by atoms with Crippen molar-refractivity contribution >= 4 is 5.69 Å². The lowest BCUT2D eigenvalue weighted by Gasteiger charge is -2.07. The third kappa shape index (κ3) is 2.22. The standard InChI is InChI=1S/C11H16N2/c1-8-2-5-11(12)9(6-8)7-13-10-3-4-10/h2,5-6,10,13H,3-4,7,12H2,1H3. The number of aryl methyl sites for hydroxylation is 1. The molecule has 0 aliphatic heterocycles. The molecule has 0 saturated heterocycles. The van der Waals surface area contributed by atoms with Gasteiger partial charge in [0.2, 0.25) is 0 Å². The fourth-order valence-corrected chi connectivity index (χ4v) is 1.43. The van der Waals surface area contributed by atoms with Crippen molar-refractivity contribution in [3.8, 4) is 0 Å². The Bertz CT molecular complexity index is 303. The number of nitrogen functional groups attached to an aromatic ring is 1. The van der Waals surface area contributed by atoms with E-state index in [0.717, 1.165) is 18.3 Å². The zero-order valence-electron chi connectivity index (χ0n) is 8.01. The minimum atomic E-state index is 0.750. The molecule has 0 heterocycles. The van der Waals surface area contributed by atoms with Crippen molar-refractivity contribution in [2.75, 3.05) is 5.73 Å². The van der Waals surface area contributed by atoms with Gasteiger partial charge in [0.05, 0.1) is 0 Å². The highest BCUT2D eigenvalue weighted by Gasteiger charge is 2.20. The Morgan fingerprint density at radius 2 is 2.23 bits per heavy atom. The van der Waals surface area contributed by atoms with Gasteiger partial charge in [-0.3, -0.25) is 0 Å². The third-order valence-corrected chi connectivity index (χ3v) is 2.46. The number of rotatable bonds is 3. The van der Waals surface area contributed by atoms with E-state index in [1.54, 1.807) is 0 Å². The van der Waals surface area contributed by atoms with Gasteiger partial charge in [-0.2, -0.15) is 0 Å². The Balaban J connectivity index is 2.03. The minimum absolute atomic E-state index is 0.750. The largest absolute Gasteiger partial charge is 0.398 e. The Morgan fingerprint density at radius 1 is 1.46 bits per heavy atom. The maximum absolute atomic E-state index is 5.86. The molecule has 1 aliphatic carbocycles. The molecule has 1 saturated carbocycles. The van der Waals surface area contributed by atoms with Gasteiger partial charge in [0.15, 0.2) is 0 Å². The van der Waals surface area contributed by atoms with Crippen LogP contribution in [-0.2, 0) is 6.54 Å². The van der Waals surface area contributed by atoms with E-state index in [1.165, 1.54) is 24.0 Å². The average molecular weight is 176 g/mol. The number of nitrogens with two attached hydrogens (primary N) is 1. The lowest BCUT2D eigenvalue weighted by molar-refractivity contribution is 0.689. The van der Waals surface area contributed by atoms with Crippen LogP contribution < -0.4 is 11.1 Å². The topological polar surface area (TPSA) is 38.0 Å². The van der Waals surface area contributed by atoms with Crippen LogP contribution in [0, 0.1) is 6.92 Å². The van der Waals surface area contributed by atoms with Gasteiger partial charge in [-0.25, -0.2) is 0 Å². The van der Waals surface area contributed by atoms with Gasteiger partial charge in [-0.1, -0.05) is 17.7 Å². The van der Waals surface area contributed by atoms with Crippen LogP contribution in [-0.4, -0.2) is 6.04 Å². The maximum Gasteiger partial charge on any atom is 0.0359 e. The fraction of sp³-hybridized carbons (Fsp3) is 0.455. The van der Waals surface area contributed by atoms with Gasteiger partial charge < -0.3 is 11.1 Å². The summed E-state index contributed by atoms with van der Waals surface area (Å²) in [5, 5.41) is 3.46. The molecule has 0 spiro atoms. The first-order valence-corrected chi connectivity index (χ1v) is 4.84.